The molecule has 3 rings (SSSR count). The highest BCUT2D eigenvalue weighted by Crippen LogP contribution is 2.25. The summed E-state index contributed by atoms with van der Waals surface area (Å²) >= 11 is 0. The Bertz CT molecular complexity index is 910. The molecular weight excluding hydrogens is 376 g/mol. The summed E-state index contributed by atoms with van der Waals surface area (Å²) in [4.78, 5) is 37.7. The van der Waals surface area contributed by atoms with Crippen molar-refractivity contribution in [3.05, 3.63) is 48.0 Å². The number of nitrogens with zero attached hydrogens (tertiary/aromatic N) is 1. The first-order chi connectivity index (χ1) is 14.0. The van der Waals surface area contributed by atoms with Crippen LogP contribution in [0.3, 0.4) is 0 Å². The normalized spacial score (nSPS) is 13.2. The maximum absolute atomic E-state index is 12.3. The van der Waals surface area contributed by atoms with E-state index in [0.717, 1.165) is 12.1 Å². The minimum absolute atomic E-state index is 0.110. The number of benzene rings is 2. The van der Waals surface area contributed by atoms with Crippen molar-refractivity contribution in [1.29, 1.82) is 0 Å². The van der Waals surface area contributed by atoms with Gasteiger partial charge in [0.25, 0.3) is 5.91 Å². The smallest absolute Gasteiger partial charge is 0.340 e. The Morgan fingerprint density at radius 3 is 2.41 bits per heavy atom. The van der Waals surface area contributed by atoms with Gasteiger partial charge in [-0.1, -0.05) is 0 Å². The molecule has 29 heavy (non-hydrogen) atoms. The van der Waals surface area contributed by atoms with E-state index >= 15 is 0 Å². The van der Waals surface area contributed by atoms with Crippen molar-refractivity contribution in [3.8, 4) is 11.5 Å². The van der Waals surface area contributed by atoms with Gasteiger partial charge in [0.05, 0.1) is 25.5 Å². The molecule has 0 radical (unpaired) electrons. The van der Waals surface area contributed by atoms with Crippen LogP contribution in [0.2, 0.25) is 0 Å². The molecule has 0 unspecified atom stereocenters. The molecule has 0 atom stereocenters. The monoisotopic (exact) mass is 398 g/mol. The van der Waals surface area contributed by atoms with E-state index in [1.807, 2.05) is 0 Å². The first-order valence-corrected chi connectivity index (χ1v) is 9.11. The molecule has 8 nitrogen and oxygen atoms in total. The van der Waals surface area contributed by atoms with Crippen LogP contribution < -0.4 is 19.7 Å². The highest BCUT2D eigenvalue weighted by Gasteiger charge is 2.21. The van der Waals surface area contributed by atoms with Gasteiger partial charge in [-0.2, -0.15) is 0 Å². The molecule has 8 heteroatoms. The van der Waals surface area contributed by atoms with Crippen molar-refractivity contribution >= 4 is 29.2 Å². The molecule has 2 aromatic rings. The zero-order chi connectivity index (χ0) is 20.8. The number of nitrogens with one attached hydrogen (secondary N) is 1. The maximum Gasteiger partial charge on any atom is 0.340 e. The van der Waals surface area contributed by atoms with Gasteiger partial charge in [-0.3, -0.25) is 9.59 Å². The minimum atomic E-state index is -0.591. The van der Waals surface area contributed by atoms with E-state index in [9.17, 15) is 14.4 Å². The van der Waals surface area contributed by atoms with Gasteiger partial charge < -0.3 is 24.4 Å². The summed E-state index contributed by atoms with van der Waals surface area (Å²) in [6, 6.07) is 11.7. The molecule has 0 spiro atoms. The molecule has 152 valence electrons. The Balaban J connectivity index is 1.60. The molecule has 1 heterocycles. The molecule has 0 bridgehead atoms. The van der Waals surface area contributed by atoms with E-state index in [1.54, 1.807) is 41.3 Å². The van der Waals surface area contributed by atoms with Crippen molar-refractivity contribution in [1.82, 2.24) is 0 Å². The number of ether oxygens (including phenoxy) is 3. The Morgan fingerprint density at radius 2 is 1.79 bits per heavy atom. The first kappa shape index (κ1) is 20.2. The van der Waals surface area contributed by atoms with Gasteiger partial charge in [0.1, 0.15) is 11.5 Å². The summed E-state index contributed by atoms with van der Waals surface area (Å²) in [5.74, 6) is 0.0555. The van der Waals surface area contributed by atoms with Gasteiger partial charge in [0.2, 0.25) is 5.91 Å². The van der Waals surface area contributed by atoms with Crippen LogP contribution in [0.4, 0.5) is 11.4 Å². The molecule has 0 aliphatic carbocycles. The van der Waals surface area contributed by atoms with Crippen LogP contribution >= 0.6 is 0 Å². The van der Waals surface area contributed by atoms with E-state index in [-0.39, 0.29) is 18.1 Å². The maximum atomic E-state index is 12.3. The minimum Gasteiger partial charge on any atom is -0.497 e. The number of carbonyl (C=O) groups is 3. The van der Waals surface area contributed by atoms with E-state index in [4.69, 9.17) is 14.2 Å². The second-order valence-corrected chi connectivity index (χ2v) is 6.38. The van der Waals surface area contributed by atoms with Crippen LogP contribution in [-0.2, 0) is 14.3 Å². The fourth-order valence-corrected chi connectivity index (χ4v) is 3.02. The summed E-state index contributed by atoms with van der Waals surface area (Å²) in [7, 11) is 2.74. The van der Waals surface area contributed by atoms with Gasteiger partial charge in [-0.15, -0.1) is 0 Å². The largest absolute Gasteiger partial charge is 0.497 e. The number of amides is 2. The third-order valence-electron chi connectivity index (χ3n) is 4.50. The number of rotatable bonds is 7. The zero-order valence-corrected chi connectivity index (χ0v) is 16.3. The average molecular weight is 398 g/mol. The summed E-state index contributed by atoms with van der Waals surface area (Å²) in [6.07, 6.45) is 1.42. The SMILES string of the molecule is COC(=O)c1cc(OC)ccc1NC(=O)COc1ccc(N2CCCC2=O)cc1. The number of anilines is 2. The van der Waals surface area contributed by atoms with Crippen molar-refractivity contribution in [2.24, 2.45) is 0 Å². The third kappa shape index (κ3) is 4.84. The van der Waals surface area contributed by atoms with Crippen LogP contribution in [0.5, 0.6) is 11.5 Å². The predicted octanol–water partition coefficient (Wildman–Crippen LogP) is 2.63. The molecule has 2 aromatic carbocycles. The summed E-state index contributed by atoms with van der Waals surface area (Å²) in [5, 5.41) is 2.64. The van der Waals surface area contributed by atoms with Gasteiger partial charge in [-0.25, -0.2) is 4.79 Å². The number of hydrogen-bond acceptors (Lipinski definition) is 6. The fourth-order valence-electron chi connectivity index (χ4n) is 3.02. The average Bonchev–Trinajstić information content (AvgIpc) is 3.18. The van der Waals surface area contributed by atoms with Gasteiger partial charge >= 0.3 is 5.97 Å². The summed E-state index contributed by atoms with van der Waals surface area (Å²) < 4.78 is 15.3. The van der Waals surface area contributed by atoms with Crippen LogP contribution in [0.1, 0.15) is 23.2 Å². The zero-order valence-electron chi connectivity index (χ0n) is 16.3. The van der Waals surface area contributed by atoms with Crippen molar-refractivity contribution in [3.63, 3.8) is 0 Å². The molecule has 1 aliphatic rings. The van der Waals surface area contributed by atoms with Gasteiger partial charge in [0, 0.05) is 18.7 Å². The molecule has 2 amide bonds. The standard InChI is InChI=1S/C21H22N2O6/c1-27-16-9-10-18(17(12-16)21(26)28-2)22-19(24)13-29-15-7-5-14(6-8-15)23-11-3-4-20(23)25/h5-10,12H,3-4,11,13H2,1-2H3,(H,22,24). The third-order valence-corrected chi connectivity index (χ3v) is 4.50. The lowest BCUT2D eigenvalue weighted by Gasteiger charge is -2.16. The van der Waals surface area contributed by atoms with Gasteiger partial charge in [0.15, 0.2) is 6.61 Å². The topological polar surface area (TPSA) is 94.2 Å². The van der Waals surface area contributed by atoms with E-state index in [1.165, 1.54) is 20.3 Å². The molecule has 1 fully saturated rings. The molecule has 0 aromatic heterocycles. The van der Waals surface area contributed by atoms with Crippen LogP contribution in [-0.4, -0.2) is 45.2 Å². The van der Waals surface area contributed by atoms with E-state index in [0.29, 0.717) is 30.2 Å². The Morgan fingerprint density at radius 1 is 1.07 bits per heavy atom. The van der Waals surface area contributed by atoms with Crippen LogP contribution in [0, 0.1) is 0 Å². The Labute approximate surface area is 168 Å². The number of hydrogen-bond donors (Lipinski definition) is 1. The summed E-state index contributed by atoms with van der Waals surface area (Å²) in [5.41, 5.74) is 1.29. The lowest BCUT2D eigenvalue weighted by atomic mass is 10.1. The second-order valence-electron chi connectivity index (χ2n) is 6.38. The Hall–Kier alpha value is -3.55. The quantitative estimate of drug-likeness (QED) is 0.721. The summed E-state index contributed by atoms with van der Waals surface area (Å²) in [6.45, 7) is 0.473. The van der Waals surface area contributed by atoms with Crippen molar-refractivity contribution in [2.75, 3.05) is 37.6 Å². The lowest BCUT2D eigenvalue weighted by molar-refractivity contribution is -0.118. The molecule has 1 aliphatic heterocycles. The van der Waals surface area contributed by atoms with E-state index < -0.39 is 11.9 Å². The number of methoxy groups -OCH3 is 2. The molecule has 0 saturated carbocycles. The highest BCUT2D eigenvalue weighted by atomic mass is 16.5. The van der Waals surface area contributed by atoms with Crippen LogP contribution in [0.25, 0.3) is 0 Å². The molecular formula is C21H22N2O6. The van der Waals surface area contributed by atoms with Gasteiger partial charge in [-0.05, 0) is 48.9 Å². The van der Waals surface area contributed by atoms with Crippen LogP contribution in [0.15, 0.2) is 42.5 Å². The highest BCUT2D eigenvalue weighted by molar-refractivity contribution is 6.02. The Kier molecular flexibility index (Phi) is 6.33. The van der Waals surface area contributed by atoms with Crippen molar-refractivity contribution in [2.45, 2.75) is 12.8 Å². The van der Waals surface area contributed by atoms with Crippen molar-refractivity contribution < 1.29 is 28.6 Å². The number of carbonyl (C=O) groups excluding carboxylic acids is 3. The number of esters is 1. The first-order valence-electron chi connectivity index (χ1n) is 9.11. The fraction of sp³-hybridized carbons (Fsp3) is 0.286. The predicted molar refractivity (Wildman–Crippen MR) is 106 cm³/mol. The lowest BCUT2D eigenvalue weighted by Crippen LogP contribution is -2.23. The molecule has 1 N–H and O–H groups in total. The van der Waals surface area contributed by atoms with E-state index in [2.05, 4.69) is 5.32 Å². The second kappa shape index (κ2) is 9.09. The molecule has 1 saturated heterocycles.